The first-order valence-electron chi connectivity index (χ1n) is 9.21. The molecule has 0 radical (unpaired) electrons. The van der Waals surface area contributed by atoms with Gasteiger partial charge in [0.05, 0.1) is 20.3 Å². The minimum absolute atomic E-state index is 0. The first kappa shape index (κ1) is 22.1. The van der Waals surface area contributed by atoms with Crippen molar-refractivity contribution >= 4 is 35.6 Å². The van der Waals surface area contributed by atoms with Gasteiger partial charge >= 0.3 is 0 Å². The number of anilines is 1. The van der Waals surface area contributed by atoms with Crippen LogP contribution < -0.4 is 24.8 Å². The van der Waals surface area contributed by atoms with Gasteiger partial charge in [-0.25, -0.2) is 0 Å². The normalized spacial score (nSPS) is 14.3. The molecule has 3 rings (SSSR count). The second kappa shape index (κ2) is 11.0. The molecule has 1 aliphatic rings. The van der Waals surface area contributed by atoms with Crippen molar-refractivity contribution in [3.63, 3.8) is 0 Å². The van der Waals surface area contributed by atoms with Crippen LogP contribution in [-0.2, 0) is 0 Å². The van der Waals surface area contributed by atoms with Gasteiger partial charge in [0.1, 0.15) is 5.75 Å². The summed E-state index contributed by atoms with van der Waals surface area (Å²) in [6.45, 7) is 4.24. The molecule has 2 aromatic carbocycles. The van der Waals surface area contributed by atoms with Crippen LogP contribution in [0.4, 0.5) is 5.69 Å². The summed E-state index contributed by atoms with van der Waals surface area (Å²) in [6.07, 6.45) is 0.890. The fourth-order valence-corrected chi connectivity index (χ4v) is 2.99. The average molecular weight is 497 g/mol. The molecule has 0 saturated carbocycles. The van der Waals surface area contributed by atoms with Gasteiger partial charge in [-0.15, -0.1) is 24.0 Å². The predicted molar refractivity (Wildman–Crippen MR) is 124 cm³/mol. The van der Waals surface area contributed by atoms with Crippen LogP contribution in [-0.4, -0.2) is 39.9 Å². The quantitative estimate of drug-likeness (QED) is 0.367. The van der Waals surface area contributed by atoms with E-state index < -0.39 is 0 Å². The van der Waals surface area contributed by atoms with Gasteiger partial charge in [0, 0.05) is 37.7 Å². The van der Waals surface area contributed by atoms with Gasteiger partial charge in [0.15, 0.2) is 17.5 Å². The maximum atomic E-state index is 5.75. The summed E-state index contributed by atoms with van der Waals surface area (Å²) in [4.78, 5) is 4.31. The highest BCUT2D eigenvalue weighted by molar-refractivity contribution is 14.0. The van der Waals surface area contributed by atoms with E-state index in [9.17, 15) is 0 Å². The fourth-order valence-electron chi connectivity index (χ4n) is 2.99. The minimum atomic E-state index is 0. The van der Waals surface area contributed by atoms with Crippen LogP contribution in [0.15, 0.2) is 47.5 Å². The fraction of sp³-hybridized carbons (Fsp3) is 0.381. The van der Waals surface area contributed by atoms with Crippen molar-refractivity contribution in [2.75, 3.05) is 39.2 Å². The van der Waals surface area contributed by atoms with Crippen molar-refractivity contribution in [2.45, 2.75) is 19.3 Å². The first-order valence-corrected chi connectivity index (χ1v) is 9.21. The lowest BCUT2D eigenvalue weighted by Crippen LogP contribution is -2.33. The Morgan fingerprint density at radius 1 is 1.14 bits per heavy atom. The van der Waals surface area contributed by atoms with Crippen LogP contribution >= 0.6 is 24.0 Å². The molecule has 0 bridgehead atoms. The van der Waals surface area contributed by atoms with Gasteiger partial charge in [-0.2, -0.15) is 0 Å². The Morgan fingerprint density at radius 3 is 2.64 bits per heavy atom. The number of rotatable bonds is 5. The van der Waals surface area contributed by atoms with Crippen LogP contribution in [0.3, 0.4) is 0 Å². The van der Waals surface area contributed by atoms with E-state index in [0.29, 0.717) is 19.2 Å². The van der Waals surface area contributed by atoms with Crippen LogP contribution in [0.5, 0.6) is 17.2 Å². The topological polar surface area (TPSA) is 64.1 Å². The molecule has 1 aliphatic heterocycles. The third-order valence-electron chi connectivity index (χ3n) is 4.48. The molecule has 0 spiro atoms. The smallest absolute Gasteiger partial charge is 0.195 e. The lowest BCUT2D eigenvalue weighted by molar-refractivity contribution is 0.297. The summed E-state index contributed by atoms with van der Waals surface area (Å²) in [7, 11) is 3.45. The zero-order valence-electron chi connectivity index (χ0n) is 16.5. The second-order valence-electron chi connectivity index (χ2n) is 6.43. The number of aliphatic imine (C=N–C) groups is 1. The third-order valence-corrected chi connectivity index (χ3v) is 4.48. The minimum Gasteiger partial charge on any atom is -0.496 e. The highest BCUT2D eigenvalue weighted by Crippen LogP contribution is 2.32. The Balaban J connectivity index is 0.00000280. The van der Waals surface area contributed by atoms with Gasteiger partial charge in [0.2, 0.25) is 0 Å². The lowest BCUT2D eigenvalue weighted by Gasteiger charge is -2.18. The Hall–Kier alpha value is -2.16. The maximum Gasteiger partial charge on any atom is 0.195 e. The number of guanidine groups is 1. The molecule has 0 aromatic heterocycles. The van der Waals surface area contributed by atoms with Crippen molar-refractivity contribution in [3.8, 4) is 17.2 Å². The summed E-state index contributed by atoms with van der Waals surface area (Å²) in [6, 6.07) is 13.9. The molecule has 0 fully saturated rings. The number of ether oxygens (including phenoxy) is 3. The largest absolute Gasteiger partial charge is 0.496 e. The molecular weight excluding hydrogens is 469 g/mol. The maximum absolute atomic E-state index is 5.75. The number of methoxy groups -OCH3 is 1. The molecule has 0 aliphatic carbocycles. The van der Waals surface area contributed by atoms with E-state index in [0.717, 1.165) is 35.9 Å². The van der Waals surface area contributed by atoms with Gasteiger partial charge in [-0.1, -0.05) is 25.1 Å². The zero-order valence-corrected chi connectivity index (χ0v) is 18.9. The Morgan fingerprint density at radius 2 is 1.89 bits per heavy atom. The van der Waals surface area contributed by atoms with Crippen molar-refractivity contribution in [3.05, 3.63) is 48.0 Å². The van der Waals surface area contributed by atoms with E-state index in [1.54, 1.807) is 14.2 Å². The summed E-state index contributed by atoms with van der Waals surface area (Å²) in [5.41, 5.74) is 2.07. The highest BCUT2D eigenvalue weighted by atomic mass is 127. The molecule has 2 aromatic rings. The van der Waals surface area contributed by atoms with E-state index in [-0.39, 0.29) is 29.9 Å². The van der Waals surface area contributed by atoms with Gasteiger partial charge < -0.3 is 24.8 Å². The van der Waals surface area contributed by atoms with Gasteiger partial charge in [0.25, 0.3) is 0 Å². The van der Waals surface area contributed by atoms with Crippen LogP contribution in [0.1, 0.15) is 24.8 Å². The van der Waals surface area contributed by atoms with Gasteiger partial charge in [-0.3, -0.25) is 4.99 Å². The van der Waals surface area contributed by atoms with Crippen LogP contribution in [0, 0.1) is 0 Å². The average Bonchev–Trinajstić information content (AvgIpc) is 2.95. The molecule has 1 heterocycles. The zero-order chi connectivity index (χ0) is 19.1. The van der Waals surface area contributed by atoms with E-state index in [1.807, 2.05) is 36.4 Å². The summed E-state index contributed by atoms with van der Waals surface area (Å²) >= 11 is 0. The SMILES string of the molecule is CN=C(NCC(C)c1ccccc1OC)Nc1ccc2c(c1)OCCCO2.I. The van der Waals surface area contributed by atoms with Crippen LogP contribution in [0.25, 0.3) is 0 Å². The number of nitrogens with one attached hydrogen (secondary N) is 2. The molecule has 7 heteroatoms. The first-order chi connectivity index (χ1) is 13.2. The summed E-state index contributed by atoms with van der Waals surface area (Å²) < 4.78 is 16.9. The third kappa shape index (κ3) is 5.67. The van der Waals surface area contributed by atoms with Gasteiger partial charge in [-0.05, 0) is 23.8 Å². The standard InChI is InChI=1S/C21H27N3O3.HI/c1-15(17-7-4-5-8-18(17)25-3)14-23-21(22-2)24-16-9-10-19-20(13-16)27-12-6-11-26-19;/h4-5,7-10,13,15H,6,11-12,14H2,1-3H3,(H2,22,23,24);1H. The molecule has 1 unspecified atom stereocenters. The number of hydrogen-bond acceptors (Lipinski definition) is 4. The number of para-hydroxylation sites is 1. The molecule has 152 valence electrons. The Bertz CT molecular complexity index is 798. The van der Waals surface area contributed by atoms with E-state index in [2.05, 4.69) is 28.6 Å². The Kier molecular flexibility index (Phi) is 8.69. The summed E-state index contributed by atoms with van der Waals surface area (Å²) in [5.74, 6) is 3.41. The van der Waals surface area contributed by atoms with E-state index >= 15 is 0 Å². The van der Waals surface area contributed by atoms with Crippen molar-refractivity contribution < 1.29 is 14.2 Å². The molecule has 1 atom stereocenters. The van der Waals surface area contributed by atoms with E-state index in [4.69, 9.17) is 14.2 Å². The lowest BCUT2D eigenvalue weighted by atomic mass is 10.0. The molecule has 28 heavy (non-hydrogen) atoms. The van der Waals surface area contributed by atoms with Crippen molar-refractivity contribution in [1.29, 1.82) is 0 Å². The highest BCUT2D eigenvalue weighted by Gasteiger charge is 2.13. The number of hydrogen-bond donors (Lipinski definition) is 2. The number of halogens is 1. The Labute approximate surface area is 183 Å². The van der Waals surface area contributed by atoms with E-state index in [1.165, 1.54) is 5.56 Å². The number of fused-ring (bicyclic) bond motifs is 1. The second-order valence-corrected chi connectivity index (χ2v) is 6.43. The molecule has 0 saturated heterocycles. The molecule has 0 amide bonds. The molecule has 6 nitrogen and oxygen atoms in total. The predicted octanol–water partition coefficient (Wildman–Crippen LogP) is 4.27. The van der Waals surface area contributed by atoms with Crippen molar-refractivity contribution in [1.82, 2.24) is 5.32 Å². The van der Waals surface area contributed by atoms with Crippen LogP contribution in [0.2, 0.25) is 0 Å². The van der Waals surface area contributed by atoms with Crippen molar-refractivity contribution in [2.24, 2.45) is 4.99 Å². The number of benzene rings is 2. The monoisotopic (exact) mass is 497 g/mol. The number of nitrogens with zero attached hydrogens (tertiary/aromatic N) is 1. The summed E-state index contributed by atoms with van der Waals surface area (Å²) in [5, 5.41) is 6.68. The molecule has 2 N–H and O–H groups in total. The molecular formula is C21H28IN3O3.